The van der Waals surface area contributed by atoms with Gasteiger partial charge in [-0.1, -0.05) is 24.6 Å². The van der Waals surface area contributed by atoms with Gasteiger partial charge in [0.25, 0.3) is 0 Å². The van der Waals surface area contributed by atoms with Crippen LogP contribution < -0.4 is 4.72 Å². The summed E-state index contributed by atoms with van der Waals surface area (Å²) in [6.07, 6.45) is 3.57. The first-order chi connectivity index (χ1) is 11.0. The molecule has 1 aliphatic rings. The largest absolute Gasteiger partial charge is 0.481 e. The Hall–Kier alpha value is -1.44. The van der Waals surface area contributed by atoms with Crippen molar-refractivity contribution in [1.82, 2.24) is 9.62 Å². The molecule has 1 aromatic carbocycles. The molecule has 1 unspecified atom stereocenters. The van der Waals surface area contributed by atoms with Gasteiger partial charge in [-0.25, -0.2) is 13.1 Å². The van der Waals surface area contributed by atoms with Gasteiger partial charge in [-0.2, -0.15) is 0 Å². The minimum atomic E-state index is -3.45. The van der Waals surface area contributed by atoms with E-state index in [0.717, 1.165) is 32.4 Å². The molecule has 1 aliphatic heterocycles. The van der Waals surface area contributed by atoms with Gasteiger partial charge in [0.2, 0.25) is 10.0 Å². The lowest BCUT2D eigenvalue weighted by molar-refractivity contribution is -0.137. The van der Waals surface area contributed by atoms with E-state index in [9.17, 15) is 13.2 Å². The smallest absolute Gasteiger partial charge is 0.303 e. The fraction of sp³-hybridized carbons (Fsp3) is 0.562. The van der Waals surface area contributed by atoms with Crippen molar-refractivity contribution in [3.8, 4) is 0 Å². The first kappa shape index (κ1) is 17.9. The van der Waals surface area contributed by atoms with Crippen molar-refractivity contribution < 1.29 is 18.3 Å². The molecule has 1 aromatic rings. The summed E-state index contributed by atoms with van der Waals surface area (Å²) in [6, 6.07) is 8.36. The van der Waals surface area contributed by atoms with Gasteiger partial charge in [0, 0.05) is 19.0 Å². The van der Waals surface area contributed by atoms with E-state index in [1.165, 1.54) is 0 Å². The fourth-order valence-corrected chi connectivity index (χ4v) is 4.09. The number of likely N-dealkylation sites (tertiary alicyclic amines) is 1. The molecule has 0 saturated carbocycles. The van der Waals surface area contributed by atoms with Gasteiger partial charge in [-0.05, 0) is 44.5 Å². The number of carboxylic acids is 1. The Labute approximate surface area is 137 Å². The topological polar surface area (TPSA) is 86.7 Å². The standard InChI is InChI=1S/C16H24N2O4S/c19-16(20)9-5-2-6-11-18-12-10-14(13-18)17-23(21,22)15-7-3-1-4-8-15/h1,3-4,7-8,14,17H,2,5-6,9-13H2,(H,19,20). The van der Waals surface area contributed by atoms with Crippen LogP contribution in [0.2, 0.25) is 0 Å². The van der Waals surface area contributed by atoms with Gasteiger partial charge in [-0.15, -0.1) is 0 Å². The molecule has 0 aromatic heterocycles. The van der Waals surface area contributed by atoms with E-state index < -0.39 is 16.0 Å². The molecule has 0 amide bonds. The summed E-state index contributed by atoms with van der Waals surface area (Å²) < 4.78 is 27.3. The Morgan fingerprint density at radius 2 is 1.96 bits per heavy atom. The monoisotopic (exact) mass is 340 g/mol. The van der Waals surface area contributed by atoms with Crippen molar-refractivity contribution in [2.75, 3.05) is 19.6 Å². The maximum absolute atomic E-state index is 12.3. The van der Waals surface area contributed by atoms with E-state index in [-0.39, 0.29) is 12.5 Å². The highest BCUT2D eigenvalue weighted by Crippen LogP contribution is 2.15. The number of carboxylic acid groups (broad SMARTS) is 1. The summed E-state index contributed by atoms with van der Waals surface area (Å²) in [4.78, 5) is 13.0. The highest BCUT2D eigenvalue weighted by Gasteiger charge is 2.26. The highest BCUT2D eigenvalue weighted by molar-refractivity contribution is 7.89. The molecule has 0 bridgehead atoms. The van der Waals surface area contributed by atoms with Crippen molar-refractivity contribution in [3.63, 3.8) is 0 Å². The number of carbonyl (C=O) groups is 1. The molecular weight excluding hydrogens is 316 g/mol. The van der Waals surface area contributed by atoms with E-state index in [2.05, 4.69) is 9.62 Å². The number of nitrogens with one attached hydrogen (secondary N) is 1. The minimum absolute atomic E-state index is 0.0563. The number of nitrogens with zero attached hydrogens (tertiary/aromatic N) is 1. The van der Waals surface area contributed by atoms with Crippen LogP contribution in [0, 0.1) is 0 Å². The molecule has 2 N–H and O–H groups in total. The lowest BCUT2D eigenvalue weighted by Gasteiger charge is -2.16. The summed E-state index contributed by atoms with van der Waals surface area (Å²) in [5.41, 5.74) is 0. The van der Waals surface area contributed by atoms with Crippen molar-refractivity contribution in [3.05, 3.63) is 30.3 Å². The zero-order valence-electron chi connectivity index (χ0n) is 13.1. The van der Waals surface area contributed by atoms with Gasteiger partial charge >= 0.3 is 5.97 Å². The number of hydrogen-bond acceptors (Lipinski definition) is 4. The normalized spacial score (nSPS) is 19.0. The van der Waals surface area contributed by atoms with Crippen LogP contribution >= 0.6 is 0 Å². The number of sulfonamides is 1. The van der Waals surface area contributed by atoms with Crippen LogP contribution in [-0.4, -0.2) is 50.1 Å². The molecule has 23 heavy (non-hydrogen) atoms. The number of aliphatic carboxylic acids is 1. The molecule has 0 spiro atoms. The first-order valence-electron chi connectivity index (χ1n) is 7.99. The predicted molar refractivity (Wildman–Crippen MR) is 87.7 cm³/mol. The lowest BCUT2D eigenvalue weighted by Crippen LogP contribution is -2.37. The average molecular weight is 340 g/mol. The van der Waals surface area contributed by atoms with Crippen LogP contribution in [0.3, 0.4) is 0 Å². The van der Waals surface area contributed by atoms with Gasteiger partial charge < -0.3 is 10.0 Å². The molecule has 0 radical (unpaired) electrons. The number of unbranched alkanes of at least 4 members (excludes halogenated alkanes) is 2. The average Bonchev–Trinajstić information content (AvgIpc) is 2.94. The third-order valence-corrected chi connectivity index (χ3v) is 5.55. The fourth-order valence-electron chi connectivity index (χ4n) is 2.81. The Bertz CT molecular complexity index is 604. The van der Waals surface area contributed by atoms with Crippen LogP contribution in [0.15, 0.2) is 35.2 Å². The molecule has 1 heterocycles. The summed E-state index contributed by atoms with van der Waals surface area (Å²) in [5, 5.41) is 8.59. The lowest BCUT2D eigenvalue weighted by atomic mass is 10.2. The van der Waals surface area contributed by atoms with Crippen LogP contribution in [0.4, 0.5) is 0 Å². The van der Waals surface area contributed by atoms with E-state index in [0.29, 0.717) is 17.9 Å². The number of rotatable bonds is 9. The van der Waals surface area contributed by atoms with Crippen LogP contribution in [0.1, 0.15) is 32.1 Å². The summed E-state index contributed by atoms with van der Waals surface area (Å²) in [6.45, 7) is 2.48. The molecule has 0 aliphatic carbocycles. The summed E-state index contributed by atoms with van der Waals surface area (Å²) in [7, 11) is -3.45. The van der Waals surface area contributed by atoms with E-state index in [1.54, 1.807) is 30.3 Å². The quantitative estimate of drug-likeness (QED) is 0.668. The van der Waals surface area contributed by atoms with Crippen molar-refractivity contribution in [2.24, 2.45) is 0 Å². The third kappa shape index (κ3) is 5.93. The summed E-state index contributed by atoms with van der Waals surface area (Å²) in [5.74, 6) is -0.749. The van der Waals surface area contributed by atoms with Crippen LogP contribution in [0.5, 0.6) is 0 Å². The zero-order chi connectivity index (χ0) is 16.7. The molecule has 6 nitrogen and oxygen atoms in total. The van der Waals surface area contributed by atoms with Gasteiger partial charge in [0.15, 0.2) is 0 Å². The number of hydrogen-bond donors (Lipinski definition) is 2. The van der Waals surface area contributed by atoms with Crippen molar-refractivity contribution >= 4 is 16.0 Å². The second kappa shape index (κ2) is 8.42. The van der Waals surface area contributed by atoms with Gasteiger partial charge in [0.05, 0.1) is 4.90 Å². The molecule has 1 fully saturated rings. The van der Waals surface area contributed by atoms with Gasteiger partial charge in [0.1, 0.15) is 0 Å². The van der Waals surface area contributed by atoms with Gasteiger partial charge in [-0.3, -0.25) is 4.79 Å². The molecule has 2 rings (SSSR count). The van der Waals surface area contributed by atoms with Crippen LogP contribution in [0.25, 0.3) is 0 Å². The Kier molecular flexibility index (Phi) is 6.56. The predicted octanol–water partition coefficient (Wildman–Crippen LogP) is 1.68. The Morgan fingerprint density at radius 3 is 2.65 bits per heavy atom. The number of benzene rings is 1. The second-order valence-electron chi connectivity index (χ2n) is 5.92. The Morgan fingerprint density at radius 1 is 1.22 bits per heavy atom. The van der Waals surface area contributed by atoms with E-state index in [4.69, 9.17) is 5.11 Å². The maximum Gasteiger partial charge on any atom is 0.303 e. The molecule has 7 heteroatoms. The zero-order valence-corrected chi connectivity index (χ0v) is 14.0. The molecular formula is C16H24N2O4S. The maximum atomic E-state index is 12.3. The third-order valence-electron chi connectivity index (χ3n) is 4.01. The molecule has 1 saturated heterocycles. The summed E-state index contributed by atoms with van der Waals surface area (Å²) >= 11 is 0. The van der Waals surface area contributed by atoms with Crippen LogP contribution in [-0.2, 0) is 14.8 Å². The minimum Gasteiger partial charge on any atom is -0.481 e. The van der Waals surface area contributed by atoms with E-state index in [1.807, 2.05) is 0 Å². The Balaban J connectivity index is 1.72. The first-order valence-corrected chi connectivity index (χ1v) is 9.47. The SMILES string of the molecule is O=C(O)CCCCCN1CCC(NS(=O)(=O)c2ccccc2)C1. The van der Waals surface area contributed by atoms with Crippen molar-refractivity contribution in [2.45, 2.75) is 43.0 Å². The second-order valence-corrected chi connectivity index (χ2v) is 7.64. The molecule has 1 atom stereocenters. The van der Waals surface area contributed by atoms with Crippen molar-refractivity contribution in [1.29, 1.82) is 0 Å². The van der Waals surface area contributed by atoms with E-state index >= 15 is 0 Å². The highest BCUT2D eigenvalue weighted by atomic mass is 32.2. The molecule has 128 valence electrons.